The van der Waals surface area contributed by atoms with Crippen molar-refractivity contribution in [2.75, 3.05) is 0 Å². The molecule has 0 unspecified atom stereocenters. The van der Waals surface area contributed by atoms with Crippen molar-refractivity contribution in [2.45, 2.75) is 65.9 Å². The summed E-state index contributed by atoms with van der Waals surface area (Å²) in [5.41, 5.74) is 3.64. The lowest BCUT2D eigenvalue weighted by molar-refractivity contribution is 0.305. The van der Waals surface area contributed by atoms with Gasteiger partial charge in [0.1, 0.15) is 6.61 Å². The number of nitrogens with zero attached hydrogens (tertiary/aromatic N) is 1. The van der Waals surface area contributed by atoms with Crippen LogP contribution in [-0.2, 0) is 13.0 Å². The van der Waals surface area contributed by atoms with Gasteiger partial charge in [-0.25, -0.2) is 4.98 Å². The van der Waals surface area contributed by atoms with Crippen molar-refractivity contribution >= 4 is 21.6 Å². The fourth-order valence-electron chi connectivity index (χ4n) is 2.97. The van der Waals surface area contributed by atoms with E-state index < -0.39 is 0 Å². The molecule has 0 aliphatic rings. The zero-order valence-corrected chi connectivity index (χ0v) is 15.9. The van der Waals surface area contributed by atoms with Crippen LogP contribution in [0.15, 0.2) is 48.5 Å². The summed E-state index contributed by atoms with van der Waals surface area (Å²) >= 11 is 1.61. The summed E-state index contributed by atoms with van der Waals surface area (Å²) in [6.07, 6.45) is 9.29. The van der Waals surface area contributed by atoms with Crippen molar-refractivity contribution in [3.8, 4) is 5.19 Å². The maximum absolute atomic E-state index is 5.86. The fourth-order valence-corrected chi connectivity index (χ4v) is 3.78. The highest BCUT2D eigenvalue weighted by Crippen LogP contribution is 2.27. The standard InChI is InChI=1S/C22H27NOS.CH4/c1-2-3-4-5-6-7-10-18-13-15-19(16-14-18)17-24-22-23-20-11-8-9-12-21(20)25-22;/h8-9,11-16H,2-7,10,17H2,1H3;1H4. The van der Waals surface area contributed by atoms with Gasteiger partial charge in [-0.1, -0.05) is 94.2 Å². The van der Waals surface area contributed by atoms with E-state index in [1.165, 1.54) is 60.8 Å². The van der Waals surface area contributed by atoms with Gasteiger partial charge in [0.05, 0.1) is 10.2 Å². The molecular formula is C23H31NOS. The first-order valence-corrected chi connectivity index (χ1v) is 10.2. The van der Waals surface area contributed by atoms with Gasteiger partial charge in [0.15, 0.2) is 0 Å². The van der Waals surface area contributed by atoms with Gasteiger partial charge in [-0.15, -0.1) is 0 Å². The second-order valence-electron chi connectivity index (χ2n) is 6.57. The van der Waals surface area contributed by atoms with Crippen molar-refractivity contribution in [2.24, 2.45) is 0 Å². The zero-order chi connectivity index (χ0) is 17.3. The van der Waals surface area contributed by atoms with Crippen molar-refractivity contribution < 1.29 is 4.74 Å². The van der Waals surface area contributed by atoms with Gasteiger partial charge >= 0.3 is 0 Å². The molecule has 1 heterocycles. The summed E-state index contributed by atoms with van der Waals surface area (Å²) in [6, 6.07) is 17.0. The van der Waals surface area contributed by atoms with Crippen LogP contribution >= 0.6 is 11.3 Å². The third-order valence-corrected chi connectivity index (χ3v) is 5.43. The summed E-state index contributed by atoms with van der Waals surface area (Å²) in [7, 11) is 0. The lowest BCUT2D eigenvalue weighted by Gasteiger charge is -2.05. The molecule has 0 radical (unpaired) electrons. The molecule has 0 saturated heterocycles. The Bertz CT molecular complexity index is 730. The lowest BCUT2D eigenvalue weighted by Crippen LogP contribution is -1.95. The molecule has 26 heavy (non-hydrogen) atoms. The molecule has 0 N–H and O–H groups in total. The largest absolute Gasteiger partial charge is 0.465 e. The van der Waals surface area contributed by atoms with Gasteiger partial charge in [-0.05, 0) is 36.1 Å². The number of hydrogen-bond acceptors (Lipinski definition) is 3. The number of thiazole rings is 1. The molecule has 2 aromatic carbocycles. The molecule has 1 aromatic heterocycles. The van der Waals surface area contributed by atoms with Crippen LogP contribution in [0.25, 0.3) is 10.2 Å². The molecule has 3 heteroatoms. The van der Waals surface area contributed by atoms with Crippen LogP contribution in [0.2, 0.25) is 0 Å². The number of para-hydroxylation sites is 1. The Kier molecular flexibility index (Phi) is 8.63. The average Bonchev–Trinajstić information content (AvgIpc) is 3.07. The van der Waals surface area contributed by atoms with Gasteiger partial charge in [0, 0.05) is 0 Å². The fraction of sp³-hybridized carbons (Fsp3) is 0.435. The summed E-state index contributed by atoms with van der Waals surface area (Å²) < 4.78 is 7.03. The molecule has 3 aromatic rings. The average molecular weight is 370 g/mol. The van der Waals surface area contributed by atoms with E-state index in [9.17, 15) is 0 Å². The van der Waals surface area contributed by atoms with Gasteiger partial charge in [0.25, 0.3) is 5.19 Å². The van der Waals surface area contributed by atoms with E-state index in [-0.39, 0.29) is 7.43 Å². The van der Waals surface area contributed by atoms with Crippen molar-refractivity contribution in [1.82, 2.24) is 4.98 Å². The Hall–Kier alpha value is -1.87. The molecule has 3 rings (SSSR count). The predicted molar refractivity (Wildman–Crippen MR) is 114 cm³/mol. The highest BCUT2D eigenvalue weighted by atomic mass is 32.1. The Morgan fingerprint density at radius 1 is 0.846 bits per heavy atom. The van der Waals surface area contributed by atoms with E-state index in [0.717, 1.165) is 10.7 Å². The minimum Gasteiger partial charge on any atom is -0.465 e. The van der Waals surface area contributed by atoms with Crippen LogP contribution in [-0.4, -0.2) is 4.98 Å². The molecule has 0 saturated carbocycles. The second kappa shape index (κ2) is 11.0. The number of ether oxygens (including phenoxy) is 1. The SMILES string of the molecule is C.CCCCCCCCc1ccc(COc2nc3ccccc3s2)cc1. The number of benzene rings is 2. The Balaban J connectivity index is 0.00000243. The Morgan fingerprint density at radius 2 is 1.54 bits per heavy atom. The first kappa shape index (κ1) is 20.4. The van der Waals surface area contributed by atoms with Gasteiger partial charge in [0.2, 0.25) is 0 Å². The quantitative estimate of drug-likeness (QED) is 0.347. The van der Waals surface area contributed by atoms with Crippen LogP contribution in [0, 0.1) is 0 Å². The summed E-state index contributed by atoms with van der Waals surface area (Å²) in [6.45, 7) is 2.85. The zero-order valence-electron chi connectivity index (χ0n) is 15.0. The summed E-state index contributed by atoms with van der Waals surface area (Å²) in [5.74, 6) is 0. The predicted octanol–water partition coefficient (Wildman–Crippen LogP) is 7.41. The highest BCUT2D eigenvalue weighted by Gasteiger charge is 2.04. The summed E-state index contributed by atoms with van der Waals surface area (Å²) in [4.78, 5) is 4.51. The van der Waals surface area contributed by atoms with E-state index in [1.807, 2.05) is 18.2 Å². The number of aryl methyl sites for hydroxylation is 1. The topological polar surface area (TPSA) is 22.1 Å². The number of aromatic nitrogens is 1. The number of unbranched alkanes of at least 4 members (excludes halogenated alkanes) is 5. The maximum atomic E-state index is 5.86. The smallest absolute Gasteiger partial charge is 0.274 e. The molecule has 2 nitrogen and oxygen atoms in total. The van der Waals surface area contributed by atoms with E-state index >= 15 is 0 Å². The molecule has 0 bridgehead atoms. The van der Waals surface area contributed by atoms with Gasteiger partial charge < -0.3 is 4.74 Å². The van der Waals surface area contributed by atoms with Crippen LogP contribution < -0.4 is 4.74 Å². The molecule has 0 aliphatic carbocycles. The minimum absolute atomic E-state index is 0. The van der Waals surface area contributed by atoms with Crippen LogP contribution in [0.3, 0.4) is 0 Å². The molecule has 0 fully saturated rings. The van der Waals surface area contributed by atoms with Crippen molar-refractivity contribution in [1.29, 1.82) is 0 Å². The molecule has 0 aliphatic heterocycles. The number of hydrogen-bond donors (Lipinski definition) is 0. The first-order chi connectivity index (χ1) is 12.3. The second-order valence-corrected chi connectivity index (χ2v) is 7.56. The number of rotatable bonds is 10. The third-order valence-electron chi connectivity index (χ3n) is 4.48. The normalized spacial score (nSPS) is 10.7. The number of fused-ring (bicyclic) bond motifs is 1. The Morgan fingerprint density at radius 3 is 2.31 bits per heavy atom. The molecular weight excluding hydrogens is 338 g/mol. The molecule has 0 atom stereocenters. The van der Waals surface area contributed by atoms with E-state index in [1.54, 1.807) is 11.3 Å². The van der Waals surface area contributed by atoms with Crippen LogP contribution in [0.4, 0.5) is 0 Å². The van der Waals surface area contributed by atoms with Crippen molar-refractivity contribution in [3.05, 3.63) is 59.7 Å². The van der Waals surface area contributed by atoms with Crippen molar-refractivity contribution in [3.63, 3.8) is 0 Å². The molecule has 140 valence electrons. The lowest BCUT2D eigenvalue weighted by atomic mass is 10.0. The van der Waals surface area contributed by atoms with Gasteiger partial charge in [-0.2, -0.15) is 0 Å². The minimum atomic E-state index is 0. The van der Waals surface area contributed by atoms with Gasteiger partial charge in [-0.3, -0.25) is 0 Å². The Labute approximate surface area is 162 Å². The van der Waals surface area contributed by atoms with Crippen LogP contribution in [0.1, 0.15) is 64.0 Å². The van der Waals surface area contributed by atoms with E-state index in [2.05, 4.69) is 42.2 Å². The van der Waals surface area contributed by atoms with E-state index in [0.29, 0.717) is 6.61 Å². The maximum Gasteiger partial charge on any atom is 0.274 e. The van der Waals surface area contributed by atoms with Crippen LogP contribution in [0.5, 0.6) is 5.19 Å². The highest BCUT2D eigenvalue weighted by molar-refractivity contribution is 7.20. The van der Waals surface area contributed by atoms with E-state index in [4.69, 9.17) is 4.74 Å². The molecule has 0 amide bonds. The monoisotopic (exact) mass is 369 g/mol. The summed E-state index contributed by atoms with van der Waals surface area (Å²) in [5, 5.41) is 0.748. The molecule has 0 spiro atoms. The first-order valence-electron chi connectivity index (χ1n) is 9.41. The third kappa shape index (κ3) is 6.14.